The average Bonchev–Trinajstić information content (AvgIpc) is 2.43. The van der Waals surface area contributed by atoms with E-state index in [4.69, 9.17) is 4.74 Å². The maximum absolute atomic E-state index is 11.3. The molecule has 4 heteroatoms. The van der Waals surface area contributed by atoms with Gasteiger partial charge in [0, 0.05) is 13.2 Å². The van der Waals surface area contributed by atoms with E-state index in [1.807, 2.05) is 31.2 Å². The van der Waals surface area contributed by atoms with E-state index >= 15 is 0 Å². The number of hydrogen-bond donors (Lipinski definition) is 2. The van der Waals surface area contributed by atoms with Gasteiger partial charge in [0.05, 0.1) is 0 Å². The van der Waals surface area contributed by atoms with Gasteiger partial charge in [0.25, 0.3) is 0 Å². The zero-order valence-electron chi connectivity index (χ0n) is 11.7. The van der Waals surface area contributed by atoms with E-state index in [9.17, 15) is 9.90 Å². The number of carboxylic acids is 1. The van der Waals surface area contributed by atoms with Crippen LogP contribution in [-0.4, -0.2) is 30.8 Å². The molecule has 2 N–H and O–H groups in total. The van der Waals surface area contributed by atoms with Gasteiger partial charge < -0.3 is 15.2 Å². The van der Waals surface area contributed by atoms with Crippen molar-refractivity contribution in [2.45, 2.75) is 32.7 Å². The predicted molar refractivity (Wildman–Crippen MR) is 75.3 cm³/mol. The molecule has 106 valence electrons. The minimum atomic E-state index is -0.847. The Morgan fingerprint density at radius 2 is 2.00 bits per heavy atom. The van der Waals surface area contributed by atoms with Crippen LogP contribution in [0.1, 0.15) is 37.4 Å². The molecule has 0 fully saturated rings. The Kier molecular flexibility index (Phi) is 7.15. The summed E-state index contributed by atoms with van der Waals surface area (Å²) >= 11 is 0. The molecule has 0 saturated carbocycles. The number of carbonyl (C=O) groups is 1. The molecule has 0 aromatic heterocycles. The Labute approximate surface area is 114 Å². The zero-order valence-corrected chi connectivity index (χ0v) is 11.7. The van der Waals surface area contributed by atoms with Gasteiger partial charge in [0.15, 0.2) is 0 Å². The van der Waals surface area contributed by atoms with Crippen LogP contribution in [0.3, 0.4) is 0 Å². The summed E-state index contributed by atoms with van der Waals surface area (Å²) in [7, 11) is 0. The highest BCUT2D eigenvalue weighted by atomic mass is 16.5. The summed E-state index contributed by atoms with van der Waals surface area (Å²) in [5, 5.41) is 12.3. The summed E-state index contributed by atoms with van der Waals surface area (Å²) in [5.41, 5.74) is 2.00. The van der Waals surface area contributed by atoms with E-state index in [1.165, 1.54) is 5.56 Å². The lowest BCUT2D eigenvalue weighted by molar-refractivity contribution is -0.139. The number of aryl methyl sites for hydroxylation is 1. The lowest BCUT2D eigenvalue weighted by Crippen LogP contribution is -2.29. The molecule has 0 radical (unpaired) electrons. The van der Waals surface area contributed by atoms with Gasteiger partial charge in [-0.15, -0.1) is 0 Å². The number of aliphatic carboxylic acids is 1. The monoisotopic (exact) mass is 265 g/mol. The second kappa shape index (κ2) is 8.67. The standard InChI is InChI=1S/C15H23NO3/c1-3-12-6-8-13(9-7-12)14(15(17)18)16-10-5-11-19-4-2/h6-9,14,16H,3-5,10-11H2,1-2H3,(H,17,18). The van der Waals surface area contributed by atoms with Crippen molar-refractivity contribution in [1.82, 2.24) is 5.32 Å². The molecule has 1 aromatic carbocycles. The molecule has 0 heterocycles. The van der Waals surface area contributed by atoms with E-state index in [2.05, 4.69) is 12.2 Å². The molecule has 0 amide bonds. The first kappa shape index (κ1) is 15.7. The molecule has 4 nitrogen and oxygen atoms in total. The van der Waals surface area contributed by atoms with Crippen LogP contribution in [0.4, 0.5) is 0 Å². The largest absolute Gasteiger partial charge is 0.480 e. The number of nitrogens with one attached hydrogen (secondary N) is 1. The Bertz CT molecular complexity index is 375. The highest BCUT2D eigenvalue weighted by Gasteiger charge is 2.18. The highest BCUT2D eigenvalue weighted by molar-refractivity contribution is 5.75. The number of rotatable bonds is 9. The van der Waals surface area contributed by atoms with Crippen LogP contribution in [0.25, 0.3) is 0 Å². The van der Waals surface area contributed by atoms with Gasteiger partial charge in [-0.3, -0.25) is 4.79 Å². The first-order valence-electron chi connectivity index (χ1n) is 6.81. The fraction of sp³-hybridized carbons (Fsp3) is 0.533. The van der Waals surface area contributed by atoms with Crippen molar-refractivity contribution >= 4 is 5.97 Å². The molecule has 0 saturated heterocycles. The smallest absolute Gasteiger partial charge is 0.325 e. The zero-order chi connectivity index (χ0) is 14.1. The minimum absolute atomic E-state index is 0.631. The van der Waals surface area contributed by atoms with Crippen molar-refractivity contribution in [2.75, 3.05) is 19.8 Å². The SMILES string of the molecule is CCOCCCNC(C(=O)O)c1ccc(CC)cc1. The summed E-state index contributed by atoms with van der Waals surface area (Å²) in [4.78, 5) is 11.3. The van der Waals surface area contributed by atoms with Crippen molar-refractivity contribution in [3.8, 4) is 0 Å². The van der Waals surface area contributed by atoms with Gasteiger partial charge in [-0.1, -0.05) is 31.2 Å². The van der Waals surface area contributed by atoms with Gasteiger partial charge in [-0.25, -0.2) is 0 Å². The van der Waals surface area contributed by atoms with Crippen LogP contribution in [0, 0.1) is 0 Å². The van der Waals surface area contributed by atoms with Gasteiger partial charge in [0.1, 0.15) is 6.04 Å². The van der Waals surface area contributed by atoms with Crippen LogP contribution in [0.5, 0.6) is 0 Å². The Balaban J connectivity index is 2.53. The van der Waals surface area contributed by atoms with Gasteiger partial charge in [-0.2, -0.15) is 0 Å². The molecule has 1 unspecified atom stereocenters. The topological polar surface area (TPSA) is 58.6 Å². The Morgan fingerprint density at radius 1 is 1.32 bits per heavy atom. The van der Waals surface area contributed by atoms with Crippen molar-refractivity contribution in [3.05, 3.63) is 35.4 Å². The van der Waals surface area contributed by atoms with Gasteiger partial charge in [-0.05, 0) is 37.4 Å². The third kappa shape index (κ3) is 5.41. The molecule has 1 rings (SSSR count). The third-order valence-corrected chi connectivity index (χ3v) is 2.99. The van der Waals surface area contributed by atoms with Crippen LogP contribution in [-0.2, 0) is 16.0 Å². The van der Waals surface area contributed by atoms with Gasteiger partial charge in [0.2, 0.25) is 0 Å². The number of ether oxygens (including phenoxy) is 1. The van der Waals surface area contributed by atoms with Crippen molar-refractivity contribution in [1.29, 1.82) is 0 Å². The summed E-state index contributed by atoms with van der Waals surface area (Å²) in [6, 6.07) is 7.08. The molecule has 19 heavy (non-hydrogen) atoms. The van der Waals surface area contributed by atoms with Crippen LogP contribution in [0.15, 0.2) is 24.3 Å². The second-order valence-electron chi connectivity index (χ2n) is 4.37. The highest BCUT2D eigenvalue weighted by Crippen LogP contribution is 2.14. The van der Waals surface area contributed by atoms with Crippen molar-refractivity contribution in [3.63, 3.8) is 0 Å². The van der Waals surface area contributed by atoms with E-state index < -0.39 is 12.0 Å². The van der Waals surface area contributed by atoms with E-state index in [0.29, 0.717) is 19.8 Å². The number of carboxylic acid groups (broad SMARTS) is 1. The average molecular weight is 265 g/mol. The maximum Gasteiger partial charge on any atom is 0.325 e. The summed E-state index contributed by atoms with van der Waals surface area (Å²) in [6.07, 6.45) is 1.77. The third-order valence-electron chi connectivity index (χ3n) is 2.99. The molecule has 1 atom stereocenters. The first-order valence-corrected chi connectivity index (χ1v) is 6.81. The quantitative estimate of drug-likeness (QED) is 0.673. The summed E-state index contributed by atoms with van der Waals surface area (Å²) < 4.78 is 5.22. The minimum Gasteiger partial charge on any atom is -0.480 e. The predicted octanol–water partition coefficient (Wildman–Crippen LogP) is 2.39. The summed E-state index contributed by atoms with van der Waals surface area (Å²) in [6.45, 7) is 6.01. The van der Waals surface area contributed by atoms with Gasteiger partial charge >= 0.3 is 5.97 Å². The molecule has 0 bridgehead atoms. The second-order valence-corrected chi connectivity index (χ2v) is 4.37. The molecular formula is C15H23NO3. The lowest BCUT2D eigenvalue weighted by Gasteiger charge is -2.15. The fourth-order valence-electron chi connectivity index (χ4n) is 1.86. The molecule has 0 aliphatic carbocycles. The van der Waals surface area contributed by atoms with E-state index in [-0.39, 0.29) is 0 Å². The van der Waals surface area contributed by atoms with E-state index in [0.717, 1.165) is 18.4 Å². The lowest BCUT2D eigenvalue weighted by atomic mass is 10.0. The number of hydrogen-bond acceptors (Lipinski definition) is 3. The molecule has 1 aromatic rings. The molecule has 0 aliphatic heterocycles. The fourth-order valence-corrected chi connectivity index (χ4v) is 1.86. The van der Waals surface area contributed by atoms with E-state index in [1.54, 1.807) is 0 Å². The Hall–Kier alpha value is -1.39. The normalized spacial score (nSPS) is 12.3. The van der Waals surface area contributed by atoms with Crippen LogP contribution < -0.4 is 5.32 Å². The number of benzene rings is 1. The molecule has 0 aliphatic rings. The maximum atomic E-state index is 11.3. The van der Waals surface area contributed by atoms with Crippen molar-refractivity contribution in [2.24, 2.45) is 0 Å². The molecule has 0 spiro atoms. The molecular weight excluding hydrogens is 242 g/mol. The van der Waals surface area contributed by atoms with Crippen molar-refractivity contribution < 1.29 is 14.6 Å². The first-order chi connectivity index (χ1) is 9.19. The van der Waals surface area contributed by atoms with Crippen LogP contribution >= 0.6 is 0 Å². The summed E-state index contributed by atoms with van der Waals surface area (Å²) in [5.74, 6) is -0.847. The van der Waals surface area contributed by atoms with Crippen LogP contribution in [0.2, 0.25) is 0 Å². The Morgan fingerprint density at radius 3 is 2.53 bits per heavy atom.